The average molecular weight is 302 g/mol. The van der Waals surface area contributed by atoms with Gasteiger partial charge in [-0.2, -0.15) is 13.2 Å². The van der Waals surface area contributed by atoms with E-state index in [9.17, 15) is 22.8 Å². The highest BCUT2D eigenvalue weighted by molar-refractivity contribution is 5.85. The first kappa shape index (κ1) is 16.5. The van der Waals surface area contributed by atoms with Crippen LogP contribution < -0.4 is 10.6 Å². The zero-order chi connectivity index (χ0) is 16.2. The number of nitrogens with zero attached hydrogens (tertiary/aromatic N) is 1. The molecule has 0 aliphatic heterocycles. The molecule has 0 aliphatic rings. The monoisotopic (exact) mass is 302 g/mol. The van der Waals surface area contributed by atoms with Gasteiger partial charge in [-0.05, 0) is 23.8 Å². The lowest BCUT2D eigenvalue weighted by Gasteiger charge is -2.22. The number of benzene rings is 1. The molecule has 1 aromatic rings. The molecule has 5 nitrogen and oxygen atoms in total. The van der Waals surface area contributed by atoms with E-state index < -0.39 is 23.6 Å². The molecule has 8 heteroatoms. The van der Waals surface area contributed by atoms with Crippen molar-refractivity contribution in [2.75, 3.05) is 18.5 Å². The van der Waals surface area contributed by atoms with Gasteiger partial charge in [0.15, 0.2) is 0 Å². The van der Waals surface area contributed by atoms with Crippen molar-refractivity contribution in [1.82, 2.24) is 0 Å². The number of carboxylic acid groups (broad SMARTS) is 1. The summed E-state index contributed by atoms with van der Waals surface area (Å²) in [4.78, 5) is 22.3. The molecule has 0 radical (unpaired) electrons. The number of likely N-dealkylation sites (N-methyl/N-ethyl adjacent to an activating group) is 1. The summed E-state index contributed by atoms with van der Waals surface area (Å²) in [6, 6.07) is 3.29. The quantitative estimate of drug-likeness (QED) is 0.811. The summed E-state index contributed by atoms with van der Waals surface area (Å²) < 4.78 is 39.1. The summed E-state index contributed by atoms with van der Waals surface area (Å²) >= 11 is 0. The van der Waals surface area contributed by atoms with Gasteiger partial charge in [-0.15, -0.1) is 0 Å². The molecule has 0 aliphatic carbocycles. The first-order valence-corrected chi connectivity index (χ1v) is 5.73. The summed E-state index contributed by atoms with van der Waals surface area (Å²) in [6.45, 7) is -0.368. The van der Waals surface area contributed by atoms with Crippen molar-refractivity contribution in [3.8, 4) is 0 Å². The number of hydrogen-bond acceptors (Lipinski definition) is 3. The van der Waals surface area contributed by atoms with Crippen LogP contribution in [0.5, 0.6) is 0 Å². The number of aliphatic carboxylic acids is 1. The topological polar surface area (TPSA) is 83.6 Å². The second-order valence-electron chi connectivity index (χ2n) is 4.27. The Labute approximate surface area is 118 Å². The minimum Gasteiger partial charge on any atom is -0.478 e. The Hall–Kier alpha value is -2.51. The first-order valence-electron chi connectivity index (χ1n) is 5.73. The second kappa shape index (κ2) is 6.29. The van der Waals surface area contributed by atoms with E-state index in [4.69, 9.17) is 10.8 Å². The van der Waals surface area contributed by atoms with Crippen LogP contribution in [-0.2, 0) is 15.8 Å². The van der Waals surface area contributed by atoms with Crippen LogP contribution in [0.2, 0.25) is 0 Å². The van der Waals surface area contributed by atoms with Gasteiger partial charge in [-0.3, -0.25) is 4.79 Å². The van der Waals surface area contributed by atoms with Crippen LogP contribution in [0.25, 0.3) is 6.08 Å². The van der Waals surface area contributed by atoms with E-state index in [1.165, 1.54) is 13.1 Å². The third-order valence-corrected chi connectivity index (χ3v) is 2.55. The number of halogens is 3. The molecule has 0 unspecified atom stereocenters. The standard InChI is InChI=1S/C13H13F3N2O3/c1-18(7-11(17)19)10-4-2-8(3-5-12(20)21)6-9(10)13(14,15)16/h2-6H,7H2,1H3,(H2,17,19)(H,20,21)/b5-3+. The predicted octanol–water partition coefficient (Wildman–Crippen LogP) is 1.72. The van der Waals surface area contributed by atoms with Crippen molar-refractivity contribution in [1.29, 1.82) is 0 Å². The van der Waals surface area contributed by atoms with E-state index in [1.807, 2.05) is 0 Å². The van der Waals surface area contributed by atoms with Crippen LogP contribution in [-0.4, -0.2) is 30.6 Å². The van der Waals surface area contributed by atoms with Crippen LogP contribution in [0.15, 0.2) is 24.3 Å². The Morgan fingerprint density at radius 1 is 1.38 bits per heavy atom. The lowest BCUT2D eigenvalue weighted by molar-refractivity contribution is -0.137. The fraction of sp³-hybridized carbons (Fsp3) is 0.231. The van der Waals surface area contributed by atoms with Crippen LogP contribution >= 0.6 is 0 Å². The Morgan fingerprint density at radius 2 is 2.00 bits per heavy atom. The zero-order valence-corrected chi connectivity index (χ0v) is 11.0. The predicted molar refractivity (Wildman–Crippen MR) is 70.6 cm³/mol. The third kappa shape index (κ3) is 4.83. The SMILES string of the molecule is CN(CC(N)=O)c1ccc(/C=C/C(=O)O)cc1C(F)(F)F. The van der Waals surface area contributed by atoms with E-state index in [2.05, 4.69) is 0 Å². The van der Waals surface area contributed by atoms with Gasteiger partial charge in [0.25, 0.3) is 0 Å². The Bertz CT molecular complexity index is 583. The number of rotatable bonds is 5. The van der Waals surface area contributed by atoms with Crippen LogP contribution in [0.3, 0.4) is 0 Å². The number of carboxylic acids is 1. The first-order chi connectivity index (χ1) is 9.61. The average Bonchev–Trinajstić information content (AvgIpc) is 2.34. The maximum Gasteiger partial charge on any atom is 0.418 e. The molecule has 0 aromatic heterocycles. The highest BCUT2D eigenvalue weighted by atomic mass is 19.4. The van der Waals surface area contributed by atoms with Gasteiger partial charge >= 0.3 is 12.1 Å². The van der Waals surface area contributed by atoms with E-state index in [1.54, 1.807) is 0 Å². The largest absolute Gasteiger partial charge is 0.478 e. The fourth-order valence-electron chi connectivity index (χ4n) is 1.70. The molecule has 3 N–H and O–H groups in total. The van der Waals surface area contributed by atoms with Gasteiger partial charge in [-0.25, -0.2) is 4.79 Å². The lowest BCUT2D eigenvalue weighted by Crippen LogP contribution is -2.31. The normalized spacial score (nSPS) is 11.6. The molecule has 0 atom stereocenters. The number of amides is 1. The second-order valence-corrected chi connectivity index (χ2v) is 4.27. The van der Waals surface area contributed by atoms with Gasteiger partial charge in [-0.1, -0.05) is 6.07 Å². The molecule has 0 saturated carbocycles. The summed E-state index contributed by atoms with van der Waals surface area (Å²) in [6.07, 6.45) is -2.86. The van der Waals surface area contributed by atoms with Gasteiger partial charge in [0.1, 0.15) is 0 Å². The fourth-order valence-corrected chi connectivity index (χ4v) is 1.70. The molecule has 1 rings (SSSR count). The van der Waals surface area contributed by atoms with Crippen molar-refractivity contribution in [2.24, 2.45) is 5.73 Å². The van der Waals surface area contributed by atoms with Crippen LogP contribution in [0, 0.1) is 0 Å². The van der Waals surface area contributed by atoms with E-state index in [-0.39, 0.29) is 17.8 Å². The van der Waals surface area contributed by atoms with Gasteiger partial charge in [0.2, 0.25) is 5.91 Å². The Kier molecular flexibility index (Phi) is 4.96. The Balaban J connectivity index is 3.26. The molecule has 0 saturated heterocycles. The van der Waals surface area contributed by atoms with Crippen molar-refractivity contribution in [3.63, 3.8) is 0 Å². The van der Waals surface area contributed by atoms with Crippen molar-refractivity contribution >= 4 is 23.6 Å². The summed E-state index contributed by atoms with van der Waals surface area (Å²) in [7, 11) is 1.31. The molecule has 0 fully saturated rings. The molecule has 0 spiro atoms. The van der Waals surface area contributed by atoms with E-state index in [0.717, 1.165) is 29.2 Å². The van der Waals surface area contributed by atoms with Gasteiger partial charge in [0, 0.05) is 18.8 Å². The minimum absolute atomic E-state index is 0.0842. The number of carbonyl (C=O) groups excluding carboxylic acids is 1. The van der Waals surface area contributed by atoms with Crippen molar-refractivity contribution < 1.29 is 27.9 Å². The van der Waals surface area contributed by atoms with Crippen LogP contribution in [0.4, 0.5) is 18.9 Å². The molecule has 1 amide bonds. The van der Waals surface area contributed by atoms with Gasteiger partial charge < -0.3 is 15.7 Å². The molecular weight excluding hydrogens is 289 g/mol. The highest BCUT2D eigenvalue weighted by Gasteiger charge is 2.34. The molecule has 1 aromatic carbocycles. The number of anilines is 1. The smallest absolute Gasteiger partial charge is 0.418 e. The molecule has 0 bridgehead atoms. The molecule has 0 heterocycles. The number of primary amides is 1. The van der Waals surface area contributed by atoms with Crippen LogP contribution in [0.1, 0.15) is 11.1 Å². The maximum absolute atomic E-state index is 13.0. The third-order valence-electron chi connectivity index (χ3n) is 2.55. The van der Waals surface area contributed by atoms with Crippen molar-refractivity contribution in [3.05, 3.63) is 35.4 Å². The van der Waals surface area contributed by atoms with E-state index >= 15 is 0 Å². The van der Waals surface area contributed by atoms with Gasteiger partial charge in [0.05, 0.1) is 12.1 Å². The summed E-state index contributed by atoms with van der Waals surface area (Å²) in [5.41, 5.74) is 3.86. The molecular formula is C13H13F3N2O3. The van der Waals surface area contributed by atoms with E-state index in [0.29, 0.717) is 0 Å². The van der Waals surface area contributed by atoms with Crippen molar-refractivity contribution in [2.45, 2.75) is 6.18 Å². The number of carbonyl (C=O) groups is 2. The number of hydrogen-bond donors (Lipinski definition) is 2. The number of alkyl halides is 3. The highest BCUT2D eigenvalue weighted by Crippen LogP contribution is 2.37. The lowest BCUT2D eigenvalue weighted by atomic mass is 10.1. The number of nitrogens with two attached hydrogens (primary N) is 1. The summed E-state index contributed by atoms with van der Waals surface area (Å²) in [5, 5.41) is 8.48. The summed E-state index contributed by atoms with van der Waals surface area (Å²) in [5.74, 6) is -2.03. The zero-order valence-electron chi connectivity index (χ0n) is 11.0. The molecule has 114 valence electrons. The minimum atomic E-state index is -4.64. The maximum atomic E-state index is 13.0. The molecule has 21 heavy (non-hydrogen) atoms. The Morgan fingerprint density at radius 3 is 2.48 bits per heavy atom.